The summed E-state index contributed by atoms with van der Waals surface area (Å²) >= 11 is 0. The van der Waals surface area contributed by atoms with Crippen LogP contribution >= 0.6 is 0 Å². The van der Waals surface area contributed by atoms with Crippen LogP contribution in [-0.4, -0.2) is 23.4 Å². The number of aromatic nitrogens is 1. The third-order valence-electron chi connectivity index (χ3n) is 4.11. The van der Waals surface area contributed by atoms with E-state index in [0.29, 0.717) is 16.9 Å². The Morgan fingerprint density at radius 2 is 1.86 bits per heavy atom. The predicted molar refractivity (Wildman–Crippen MR) is 102 cm³/mol. The van der Waals surface area contributed by atoms with Crippen LogP contribution in [0.5, 0.6) is 5.75 Å². The molecule has 8 heteroatoms. The van der Waals surface area contributed by atoms with E-state index < -0.39 is 17.4 Å². The van der Waals surface area contributed by atoms with Crippen molar-refractivity contribution in [3.63, 3.8) is 0 Å². The maximum Gasteiger partial charge on any atom is 0.336 e. The van der Waals surface area contributed by atoms with Crippen LogP contribution in [0.15, 0.2) is 70.0 Å². The topological polar surface area (TPSA) is 113 Å². The van der Waals surface area contributed by atoms with Gasteiger partial charge in [-0.15, -0.1) is 0 Å². The number of carbonyl (C=O) groups is 2. The first-order valence-corrected chi connectivity index (χ1v) is 8.42. The lowest BCUT2D eigenvalue weighted by Gasteiger charge is -2.09. The van der Waals surface area contributed by atoms with Crippen molar-refractivity contribution >= 4 is 33.7 Å². The molecule has 0 aliphatic heterocycles. The number of rotatable bonds is 4. The van der Waals surface area contributed by atoms with Crippen molar-refractivity contribution in [3.05, 3.63) is 76.8 Å². The van der Waals surface area contributed by atoms with E-state index in [9.17, 15) is 14.4 Å². The van der Waals surface area contributed by atoms with Gasteiger partial charge >= 0.3 is 5.63 Å². The van der Waals surface area contributed by atoms with Gasteiger partial charge in [0.2, 0.25) is 0 Å². The molecule has 4 rings (SSSR count). The molecule has 2 amide bonds. The monoisotopic (exact) mass is 377 g/mol. The lowest BCUT2D eigenvalue weighted by Crippen LogP contribution is -2.43. The molecule has 3 N–H and O–H groups in total. The maximum atomic E-state index is 12.2. The fourth-order valence-corrected chi connectivity index (χ4v) is 2.77. The molecule has 0 saturated carbocycles. The number of fused-ring (bicyclic) bond motifs is 2. The van der Waals surface area contributed by atoms with Gasteiger partial charge in [-0.05, 0) is 24.3 Å². The molecule has 8 nitrogen and oxygen atoms in total. The number of para-hydroxylation sites is 1. The van der Waals surface area contributed by atoms with Crippen molar-refractivity contribution in [3.8, 4) is 5.75 Å². The zero-order chi connectivity index (χ0) is 19.5. The van der Waals surface area contributed by atoms with Gasteiger partial charge in [-0.1, -0.05) is 18.2 Å². The Labute approximate surface area is 158 Å². The molecule has 2 aromatic heterocycles. The second-order valence-corrected chi connectivity index (χ2v) is 5.99. The molecule has 0 fully saturated rings. The summed E-state index contributed by atoms with van der Waals surface area (Å²) < 4.78 is 10.4. The molecule has 2 aromatic carbocycles. The summed E-state index contributed by atoms with van der Waals surface area (Å²) in [4.78, 5) is 38.5. The second-order valence-electron chi connectivity index (χ2n) is 5.99. The van der Waals surface area contributed by atoms with Gasteiger partial charge in [-0.25, -0.2) is 4.79 Å². The average molecular weight is 377 g/mol. The number of aromatic amines is 1. The minimum absolute atomic E-state index is 0.323. The molecule has 140 valence electrons. The van der Waals surface area contributed by atoms with Crippen LogP contribution in [0.4, 0.5) is 0 Å². The van der Waals surface area contributed by atoms with Crippen molar-refractivity contribution in [2.24, 2.45) is 0 Å². The molecular formula is C20H15N3O5. The van der Waals surface area contributed by atoms with Crippen molar-refractivity contribution in [1.82, 2.24) is 15.8 Å². The molecule has 0 atom stereocenters. The molecule has 0 bridgehead atoms. The Morgan fingerprint density at radius 1 is 1.04 bits per heavy atom. The quantitative estimate of drug-likeness (QED) is 0.372. The van der Waals surface area contributed by atoms with Gasteiger partial charge in [0.05, 0.1) is 5.56 Å². The number of ether oxygens (including phenoxy) is 1. The average Bonchev–Trinajstić information content (AvgIpc) is 3.14. The summed E-state index contributed by atoms with van der Waals surface area (Å²) in [6.07, 6.45) is 1.57. The smallest absolute Gasteiger partial charge is 0.336 e. The van der Waals surface area contributed by atoms with E-state index in [1.807, 2.05) is 24.3 Å². The van der Waals surface area contributed by atoms with Gasteiger partial charge in [0, 0.05) is 34.6 Å². The number of H-pyrrole nitrogens is 1. The van der Waals surface area contributed by atoms with Gasteiger partial charge in [0.15, 0.2) is 6.61 Å². The number of benzene rings is 2. The summed E-state index contributed by atoms with van der Waals surface area (Å²) in [6.45, 7) is -0.323. The molecule has 0 saturated heterocycles. The van der Waals surface area contributed by atoms with Gasteiger partial charge in [-0.2, -0.15) is 0 Å². The largest absolute Gasteiger partial charge is 0.484 e. The van der Waals surface area contributed by atoms with E-state index in [1.165, 1.54) is 12.1 Å². The van der Waals surface area contributed by atoms with Crippen LogP contribution in [0.1, 0.15) is 10.4 Å². The van der Waals surface area contributed by atoms with E-state index in [1.54, 1.807) is 24.4 Å². The van der Waals surface area contributed by atoms with Gasteiger partial charge in [-0.3, -0.25) is 20.4 Å². The van der Waals surface area contributed by atoms with Crippen LogP contribution in [0, 0.1) is 0 Å². The SMILES string of the molecule is O=C(COc1ccc2ccc(=O)oc2c1)NNC(=O)c1c[nH]c2ccccc12. The number of amides is 2. The highest BCUT2D eigenvalue weighted by Crippen LogP contribution is 2.19. The highest BCUT2D eigenvalue weighted by Gasteiger charge is 2.12. The Hall–Kier alpha value is -4.07. The number of hydrogen-bond acceptors (Lipinski definition) is 5. The second kappa shape index (κ2) is 7.28. The molecule has 2 heterocycles. The predicted octanol–water partition coefficient (Wildman–Crippen LogP) is 2.11. The summed E-state index contributed by atoms with van der Waals surface area (Å²) in [5, 5.41) is 1.49. The molecule has 0 aliphatic carbocycles. The Kier molecular flexibility index (Phi) is 4.51. The molecular weight excluding hydrogens is 362 g/mol. The standard InChI is InChI=1S/C20H15N3O5/c24-18(11-27-13-7-5-12-6-8-19(25)28-17(12)9-13)22-23-20(26)15-10-21-16-4-2-1-3-14(15)16/h1-10,21H,11H2,(H,22,24)(H,23,26). The molecule has 0 radical (unpaired) electrons. The zero-order valence-electron chi connectivity index (χ0n) is 14.5. The maximum absolute atomic E-state index is 12.2. The molecule has 0 unspecified atom stereocenters. The van der Waals surface area contributed by atoms with E-state index in [4.69, 9.17) is 9.15 Å². The number of hydrazine groups is 1. The van der Waals surface area contributed by atoms with Gasteiger partial charge in [0.1, 0.15) is 11.3 Å². The first-order chi connectivity index (χ1) is 13.6. The lowest BCUT2D eigenvalue weighted by molar-refractivity contribution is -0.123. The third kappa shape index (κ3) is 3.56. The molecule has 0 spiro atoms. The Balaban J connectivity index is 1.34. The van der Waals surface area contributed by atoms with Gasteiger partial charge < -0.3 is 14.1 Å². The van der Waals surface area contributed by atoms with E-state index in [2.05, 4.69) is 15.8 Å². The van der Waals surface area contributed by atoms with Crippen molar-refractivity contribution in [1.29, 1.82) is 0 Å². The highest BCUT2D eigenvalue weighted by molar-refractivity contribution is 6.07. The minimum atomic E-state index is -0.539. The van der Waals surface area contributed by atoms with Crippen LogP contribution in [0.3, 0.4) is 0 Å². The highest BCUT2D eigenvalue weighted by atomic mass is 16.5. The fourth-order valence-electron chi connectivity index (χ4n) is 2.77. The first-order valence-electron chi connectivity index (χ1n) is 8.42. The van der Waals surface area contributed by atoms with E-state index in [0.717, 1.165) is 16.3 Å². The van der Waals surface area contributed by atoms with Crippen LogP contribution < -0.4 is 21.2 Å². The van der Waals surface area contributed by atoms with E-state index in [-0.39, 0.29) is 6.61 Å². The summed E-state index contributed by atoms with van der Waals surface area (Å²) in [6, 6.07) is 15.2. The Morgan fingerprint density at radius 3 is 2.75 bits per heavy atom. The fraction of sp³-hybridized carbons (Fsp3) is 0.0500. The summed E-state index contributed by atoms with van der Waals surface area (Å²) in [5.41, 5.74) is 5.78. The summed E-state index contributed by atoms with van der Waals surface area (Å²) in [7, 11) is 0. The van der Waals surface area contributed by atoms with Crippen molar-refractivity contribution in [2.75, 3.05) is 6.61 Å². The van der Waals surface area contributed by atoms with E-state index >= 15 is 0 Å². The minimum Gasteiger partial charge on any atom is -0.484 e. The van der Waals surface area contributed by atoms with Crippen LogP contribution in [-0.2, 0) is 4.79 Å². The van der Waals surface area contributed by atoms with Crippen LogP contribution in [0.2, 0.25) is 0 Å². The zero-order valence-corrected chi connectivity index (χ0v) is 14.5. The van der Waals surface area contributed by atoms with Gasteiger partial charge in [0.25, 0.3) is 11.8 Å². The summed E-state index contributed by atoms with van der Waals surface area (Å²) in [5.74, 6) is -0.624. The lowest BCUT2D eigenvalue weighted by atomic mass is 10.2. The number of carbonyl (C=O) groups excluding carboxylic acids is 2. The molecule has 4 aromatic rings. The number of hydrogen-bond donors (Lipinski definition) is 3. The van der Waals surface area contributed by atoms with Crippen LogP contribution in [0.25, 0.3) is 21.9 Å². The van der Waals surface area contributed by atoms with Crippen molar-refractivity contribution in [2.45, 2.75) is 0 Å². The normalized spacial score (nSPS) is 10.7. The Bertz CT molecular complexity index is 1240. The molecule has 0 aliphatic rings. The molecule has 28 heavy (non-hydrogen) atoms. The first kappa shape index (κ1) is 17.3. The third-order valence-corrected chi connectivity index (χ3v) is 4.11. The van der Waals surface area contributed by atoms with Crippen molar-refractivity contribution < 1.29 is 18.7 Å². The number of nitrogens with one attached hydrogen (secondary N) is 3.